The van der Waals surface area contributed by atoms with E-state index in [1.807, 2.05) is 0 Å². The van der Waals surface area contributed by atoms with Gasteiger partial charge in [0.05, 0.1) is 11.5 Å². The zero-order valence-corrected chi connectivity index (χ0v) is 15.3. The van der Waals surface area contributed by atoms with Crippen molar-refractivity contribution in [2.24, 2.45) is 0 Å². The van der Waals surface area contributed by atoms with E-state index in [0.717, 1.165) is 24.3 Å². The van der Waals surface area contributed by atoms with Gasteiger partial charge in [-0.2, -0.15) is 13.2 Å². The highest BCUT2D eigenvalue weighted by Gasteiger charge is 2.46. The Morgan fingerprint density at radius 3 is 2.14 bits per heavy atom. The standard InChI is InChI=1S/C18H17F4NO4S/c19-14-5-7-15(8-6-14)27-12-2-1-11-23-17(24)13-3-9-16(10-4-13)28(25,26)18(20,21)22/h3-10H,1-2,11-12H2,(H,23,24). The number of carbonyl (C=O) groups excluding carboxylic acids is 1. The number of alkyl halides is 3. The third kappa shape index (κ3) is 5.69. The number of rotatable bonds is 8. The lowest BCUT2D eigenvalue weighted by Gasteiger charge is -2.09. The van der Waals surface area contributed by atoms with Gasteiger partial charge in [0, 0.05) is 12.1 Å². The topological polar surface area (TPSA) is 72.5 Å². The van der Waals surface area contributed by atoms with Crippen LogP contribution in [0.1, 0.15) is 23.2 Å². The second-order valence-electron chi connectivity index (χ2n) is 5.74. The number of unbranched alkanes of at least 4 members (excludes halogenated alkanes) is 1. The molecule has 2 aromatic carbocycles. The highest BCUT2D eigenvalue weighted by molar-refractivity contribution is 7.92. The van der Waals surface area contributed by atoms with E-state index < -0.39 is 26.1 Å². The highest BCUT2D eigenvalue weighted by Crippen LogP contribution is 2.30. The van der Waals surface area contributed by atoms with Crippen molar-refractivity contribution in [1.82, 2.24) is 5.32 Å². The van der Waals surface area contributed by atoms with Gasteiger partial charge in [-0.25, -0.2) is 12.8 Å². The van der Waals surface area contributed by atoms with Crippen LogP contribution in [0.2, 0.25) is 0 Å². The molecular formula is C18H17F4NO4S. The summed E-state index contributed by atoms with van der Waals surface area (Å²) < 4.78 is 78.1. The SMILES string of the molecule is O=C(NCCCCOc1ccc(F)cc1)c1ccc(S(=O)(=O)C(F)(F)F)cc1. The maximum atomic E-state index is 12.7. The van der Waals surface area contributed by atoms with E-state index in [4.69, 9.17) is 4.74 Å². The fourth-order valence-electron chi connectivity index (χ4n) is 2.17. The summed E-state index contributed by atoms with van der Waals surface area (Å²) in [5.74, 6) is -0.367. The third-order valence-corrected chi connectivity index (χ3v) is 5.17. The Bertz CT molecular complexity index is 895. The predicted molar refractivity (Wildman–Crippen MR) is 93.1 cm³/mol. The normalized spacial score (nSPS) is 11.9. The summed E-state index contributed by atoms with van der Waals surface area (Å²) in [6.45, 7) is 0.666. The summed E-state index contributed by atoms with van der Waals surface area (Å²) in [7, 11) is -5.44. The lowest BCUT2D eigenvalue weighted by Crippen LogP contribution is -2.25. The van der Waals surface area contributed by atoms with Crippen molar-refractivity contribution in [2.75, 3.05) is 13.2 Å². The molecule has 0 saturated heterocycles. The second-order valence-corrected chi connectivity index (χ2v) is 7.68. The van der Waals surface area contributed by atoms with Crippen LogP contribution in [0.4, 0.5) is 17.6 Å². The molecule has 0 unspecified atom stereocenters. The summed E-state index contributed by atoms with van der Waals surface area (Å²) in [6.07, 6.45) is 1.19. The van der Waals surface area contributed by atoms with Gasteiger partial charge < -0.3 is 10.1 Å². The molecule has 0 spiro atoms. The number of benzene rings is 2. The Morgan fingerprint density at radius 1 is 0.964 bits per heavy atom. The highest BCUT2D eigenvalue weighted by atomic mass is 32.2. The van der Waals surface area contributed by atoms with E-state index in [9.17, 15) is 30.8 Å². The second kappa shape index (κ2) is 9.05. The lowest BCUT2D eigenvalue weighted by molar-refractivity contribution is -0.0436. The van der Waals surface area contributed by atoms with Gasteiger partial charge in [0.2, 0.25) is 0 Å². The minimum atomic E-state index is -5.44. The molecule has 1 N–H and O–H groups in total. The number of ether oxygens (including phenoxy) is 1. The van der Waals surface area contributed by atoms with Crippen LogP contribution in [-0.2, 0) is 9.84 Å². The molecule has 28 heavy (non-hydrogen) atoms. The van der Waals surface area contributed by atoms with Crippen molar-refractivity contribution in [3.63, 3.8) is 0 Å². The molecule has 152 valence electrons. The first-order chi connectivity index (χ1) is 13.1. The molecular weight excluding hydrogens is 402 g/mol. The van der Waals surface area contributed by atoms with Crippen LogP contribution in [0.3, 0.4) is 0 Å². The van der Waals surface area contributed by atoms with E-state index in [1.54, 1.807) is 0 Å². The molecule has 0 fully saturated rings. The Morgan fingerprint density at radius 2 is 1.57 bits per heavy atom. The fourth-order valence-corrected chi connectivity index (χ4v) is 2.93. The average Bonchev–Trinajstić information content (AvgIpc) is 2.65. The molecule has 0 aliphatic heterocycles. The molecule has 0 heterocycles. The Kier molecular flexibility index (Phi) is 7.00. The lowest BCUT2D eigenvalue weighted by atomic mass is 10.2. The van der Waals surface area contributed by atoms with E-state index in [1.165, 1.54) is 24.3 Å². The summed E-state index contributed by atoms with van der Waals surface area (Å²) in [4.78, 5) is 11.0. The number of carbonyl (C=O) groups is 1. The van der Waals surface area contributed by atoms with Gasteiger partial charge in [-0.15, -0.1) is 0 Å². The van der Waals surface area contributed by atoms with Gasteiger partial charge in [0.1, 0.15) is 11.6 Å². The molecule has 0 atom stereocenters. The van der Waals surface area contributed by atoms with Crippen LogP contribution in [0.5, 0.6) is 5.75 Å². The first-order valence-corrected chi connectivity index (χ1v) is 9.67. The average molecular weight is 419 g/mol. The van der Waals surface area contributed by atoms with Gasteiger partial charge in [0.25, 0.3) is 15.7 Å². The van der Waals surface area contributed by atoms with Crippen LogP contribution < -0.4 is 10.1 Å². The molecule has 0 bridgehead atoms. The third-order valence-electron chi connectivity index (χ3n) is 3.67. The van der Waals surface area contributed by atoms with Crippen LogP contribution in [-0.4, -0.2) is 33.0 Å². The molecule has 0 radical (unpaired) electrons. The number of hydrogen-bond acceptors (Lipinski definition) is 4. The summed E-state index contributed by atoms with van der Waals surface area (Å²) in [5, 5.41) is 2.58. The zero-order valence-electron chi connectivity index (χ0n) is 14.5. The van der Waals surface area contributed by atoms with Crippen molar-refractivity contribution in [2.45, 2.75) is 23.2 Å². The van der Waals surface area contributed by atoms with Crippen LogP contribution in [0, 0.1) is 5.82 Å². The molecule has 0 aromatic heterocycles. The summed E-state index contributed by atoms with van der Waals surface area (Å²) in [6, 6.07) is 9.08. The molecule has 10 heteroatoms. The maximum absolute atomic E-state index is 12.7. The van der Waals surface area contributed by atoms with Gasteiger partial charge in [-0.1, -0.05) is 0 Å². The van der Waals surface area contributed by atoms with Gasteiger partial charge in [-0.3, -0.25) is 4.79 Å². The predicted octanol–water partition coefficient (Wildman–Crippen LogP) is 3.71. The van der Waals surface area contributed by atoms with Gasteiger partial charge in [-0.05, 0) is 61.4 Å². The van der Waals surface area contributed by atoms with Gasteiger partial charge in [0.15, 0.2) is 0 Å². The Balaban J connectivity index is 1.75. The summed E-state index contributed by atoms with van der Waals surface area (Å²) >= 11 is 0. The largest absolute Gasteiger partial charge is 0.501 e. The monoisotopic (exact) mass is 419 g/mol. The number of amides is 1. The van der Waals surface area contributed by atoms with Crippen LogP contribution in [0.25, 0.3) is 0 Å². The van der Waals surface area contributed by atoms with Crippen molar-refractivity contribution >= 4 is 15.7 Å². The number of sulfone groups is 1. The first kappa shape index (κ1) is 21.7. The number of nitrogens with one attached hydrogen (secondary N) is 1. The fraction of sp³-hybridized carbons (Fsp3) is 0.278. The molecule has 0 aliphatic carbocycles. The number of hydrogen-bond donors (Lipinski definition) is 1. The minimum Gasteiger partial charge on any atom is -0.494 e. The van der Waals surface area contributed by atoms with Gasteiger partial charge >= 0.3 is 5.51 Å². The Hall–Kier alpha value is -2.62. The molecule has 2 aromatic rings. The molecule has 2 rings (SSSR count). The Labute approximate surface area is 159 Å². The van der Waals surface area contributed by atoms with Crippen LogP contribution >= 0.6 is 0 Å². The van der Waals surface area contributed by atoms with E-state index in [-0.39, 0.29) is 11.4 Å². The molecule has 5 nitrogen and oxygen atoms in total. The molecule has 1 amide bonds. The zero-order chi connectivity index (χ0) is 20.8. The first-order valence-electron chi connectivity index (χ1n) is 8.19. The minimum absolute atomic E-state index is 0.0451. The molecule has 0 aliphatic rings. The van der Waals surface area contributed by atoms with Crippen molar-refractivity contribution < 1.29 is 35.5 Å². The van der Waals surface area contributed by atoms with Crippen LogP contribution in [0.15, 0.2) is 53.4 Å². The quantitative estimate of drug-likeness (QED) is 0.523. The van der Waals surface area contributed by atoms with E-state index >= 15 is 0 Å². The number of halogens is 4. The van der Waals surface area contributed by atoms with Crippen molar-refractivity contribution in [1.29, 1.82) is 0 Å². The maximum Gasteiger partial charge on any atom is 0.501 e. The van der Waals surface area contributed by atoms with Crippen molar-refractivity contribution in [3.05, 3.63) is 59.9 Å². The summed E-state index contributed by atoms with van der Waals surface area (Å²) in [5.41, 5.74) is -5.35. The van der Waals surface area contributed by atoms with Crippen molar-refractivity contribution in [3.8, 4) is 5.75 Å². The smallest absolute Gasteiger partial charge is 0.494 e. The van der Waals surface area contributed by atoms with E-state index in [0.29, 0.717) is 31.7 Å². The van der Waals surface area contributed by atoms with E-state index in [2.05, 4.69) is 5.32 Å². The molecule has 0 saturated carbocycles.